The van der Waals surface area contributed by atoms with Gasteiger partial charge in [-0.05, 0) is 51.3 Å². The number of alkyl halides is 1. The number of benzene rings is 1. The van der Waals surface area contributed by atoms with Gasteiger partial charge in [-0.3, -0.25) is 4.99 Å². The van der Waals surface area contributed by atoms with Gasteiger partial charge in [-0.1, -0.05) is 88.7 Å². The lowest BCUT2D eigenvalue weighted by Gasteiger charge is -2.36. The first-order valence-corrected chi connectivity index (χ1v) is 13.1. The normalized spacial score (nSPS) is 25.2. The third-order valence-electron chi connectivity index (χ3n) is 6.56. The molecule has 0 amide bonds. The summed E-state index contributed by atoms with van der Waals surface area (Å²) in [6.07, 6.45) is 8.88. The van der Waals surface area contributed by atoms with Gasteiger partial charge in [0.15, 0.2) is 0 Å². The molecular weight excluding hydrogens is 493 g/mol. The van der Waals surface area contributed by atoms with Crippen LogP contribution in [0, 0.1) is 21.7 Å². The number of nitroso groups, excluding NO2 is 1. The first kappa shape index (κ1) is 28.5. The van der Waals surface area contributed by atoms with E-state index in [1.807, 2.05) is 30.5 Å². The first-order chi connectivity index (χ1) is 16.8. The van der Waals surface area contributed by atoms with Crippen LogP contribution in [-0.4, -0.2) is 35.4 Å². The second-order valence-electron chi connectivity index (χ2n) is 11.5. The van der Waals surface area contributed by atoms with E-state index < -0.39 is 17.5 Å². The lowest BCUT2D eigenvalue weighted by molar-refractivity contribution is 0.165. The fraction of sp³-hybridized carbons (Fsp3) is 0.483. The van der Waals surface area contributed by atoms with Crippen LogP contribution in [0.3, 0.4) is 0 Å². The molecule has 0 radical (unpaired) electrons. The number of hydrogen-bond donors (Lipinski definition) is 2. The lowest BCUT2D eigenvalue weighted by atomic mass is 9.71. The van der Waals surface area contributed by atoms with Crippen LogP contribution in [0.25, 0.3) is 0 Å². The van der Waals surface area contributed by atoms with Gasteiger partial charge < -0.3 is 10.4 Å². The zero-order valence-electron chi connectivity index (χ0n) is 21.9. The zero-order chi connectivity index (χ0) is 26.7. The summed E-state index contributed by atoms with van der Waals surface area (Å²) in [7, 11) is 0. The highest BCUT2D eigenvalue weighted by Crippen LogP contribution is 2.40. The van der Waals surface area contributed by atoms with E-state index in [1.54, 1.807) is 12.2 Å². The topological polar surface area (TPSA) is 74.0 Å². The Kier molecular flexibility index (Phi) is 9.16. The Morgan fingerprint density at radius 1 is 1.03 bits per heavy atom. The van der Waals surface area contributed by atoms with Crippen molar-refractivity contribution in [1.82, 2.24) is 5.32 Å². The Morgan fingerprint density at radius 2 is 1.72 bits per heavy atom. The van der Waals surface area contributed by atoms with E-state index in [2.05, 4.69) is 64.2 Å². The van der Waals surface area contributed by atoms with E-state index in [9.17, 15) is 10.0 Å². The summed E-state index contributed by atoms with van der Waals surface area (Å²) in [6, 6.07) is 7.24. The van der Waals surface area contributed by atoms with Crippen molar-refractivity contribution < 1.29 is 5.11 Å². The minimum Gasteiger partial charge on any atom is -0.388 e. The van der Waals surface area contributed by atoms with Gasteiger partial charge in [0.1, 0.15) is 6.04 Å². The van der Waals surface area contributed by atoms with Crippen molar-refractivity contribution in [1.29, 1.82) is 0 Å². The molecule has 0 saturated carbocycles. The molecule has 0 aromatic heterocycles. The second kappa shape index (κ2) is 11.6. The summed E-state index contributed by atoms with van der Waals surface area (Å²) in [6.45, 7) is 13.9. The molecule has 3 rings (SSSR count). The number of aliphatic hydroxyl groups is 1. The van der Waals surface area contributed by atoms with E-state index in [0.717, 1.165) is 22.4 Å². The van der Waals surface area contributed by atoms with E-state index >= 15 is 0 Å². The fourth-order valence-electron chi connectivity index (χ4n) is 4.39. The summed E-state index contributed by atoms with van der Waals surface area (Å²) in [5.74, 6) is -0.221. The molecule has 2 N–H and O–H groups in total. The standard InChI is InChI=1S/C29H37Cl2N3O2/c1-28(2,3)21-11-20(27(35)23(13-21)29(4,5)6)17-33-25-10-8-7-9-18(25)15-32-16-19-12-22(30)14-24(31)26(19)34-36/h7-14,17,20,24,26-27,32,35H,15-16H2,1-6H3/b33-17+. The summed E-state index contributed by atoms with van der Waals surface area (Å²) in [5, 5.41) is 17.7. The number of aliphatic hydroxyl groups excluding tert-OH is 1. The number of nitrogens with one attached hydrogen (secondary N) is 1. The Hall–Kier alpha value is -2.05. The molecule has 0 saturated heterocycles. The lowest BCUT2D eigenvalue weighted by Crippen LogP contribution is -2.33. The summed E-state index contributed by atoms with van der Waals surface area (Å²) >= 11 is 12.4. The molecule has 7 heteroatoms. The molecule has 5 nitrogen and oxygen atoms in total. The molecule has 0 aliphatic heterocycles. The van der Waals surface area contributed by atoms with Crippen LogP contribution in [0.5, 0.6) is 0 Å². The van der Waals surface area contributed by atoms with Crippen LogP contribution >= 0.6 is 23.2 Å². The SMILES string of the molecule is CC(C)(C)C1=CC(/C=N/c2ccccc2CNCC2=CC(Cl)=CC(Cl)C2N=O)C(O)C(C(C)(C)C)=C1. The van der Waals surface area contributed by atoms with E-state index in [-0.39, 0.29) is 16.7 Å². The maximum Gasteiger partial charge on any atom is 0.134 e. The van der Waals surface area contributed by atoms with Crippen LogP contribution < -0.4 is 5.32 Å². The van der Waals surface area contributed by atoms with E-state index in [1.165, 1.54) is 5.57 Å². The van der Waals surface area contributed by atoms with Crippen molar-refractivity contribution in [3.05, 3.63) is 80.8 Å². The highest BCUT2D eigenvalue weighted by molar-refractivity contribution is 6.32. The Balaban J connectivity index is 1.78. The fourth-order valence-corrected chi connectivity index (χ4v) is 5.08. The quantitative estimate of drug-likeness (QED) is 0.222. The minimum atomic E-state index is -0.642. The maximum absolute atomic E-state index is 11.3. The number of halogens is 2. The maximum atomic E-state index is 11.3. The molecule has 1 aromatic carbocycles. The van der Waals surface area contributed by atoms with Crippen molar-refractivity contribution in [3.63, 3.8) is 0 Å². The predicted molar refractivity (Wildman–Crippen MR) is 152 cm³/mol. The Morgan fingerprint density at radius 3 is 2.36 bits per heavy atom. The summed E-state index contributed by atoms with van der Waals surface area (Å²) in [5.41, 5.74) is 4.62. The molecule has 194 valence electrons. The third-order valence-corrected chi connectivity index (χ3v) is 7.16. The van der Waals surface area contributed by atoms with Gasteiger partial charge >= 0.3 is 0 Å². The van der Waals surface area contributed by atoms with Crippen LogP contribution in [-0.2, 0) is 6.54 Å². The summed E-state index contributed by atoms with van der Waals surface area (Å²) in [4.78, 5) is 16.1. The molecule has 2 aliphatic carbocycles. The van der Waals surface area contributed by atoms with Crippen LogP contribution in [0.2, 0.25) is 0 Å². The van der Waals surface area contributed by atoms with Gasteiger partial charge in [0.25, 0.3) is 0 Å². The number of aliphatic imine (C=N–C) groups is 1. The summed E-state index contributed by atoms with van der Waals surface area (Å²) < 4.78 is 0. The van der Waals surface area contributed by atoms with Gasteiger partial charge in [0.2, 0.25) is 0 Å². The number of rotatable bonds is 7. The molecule has 0 bridgehead atoms. The van der Waals surface area contributed by atoms with Crippen molar-refractivity contribution in [2.45, 2.75) is 65.6 Å². The highest BCUT2D eigenvalue weighted by atomic mass is 35.5. The second-order valence-corrected chi connectivity index (χ2v) is 12.5. The average molecular weight is 531 g/mol. The van der Waals surface area contributed by atoms with Gasteiger partial charge in [-0.25, -0.2) is 0 Å². The van der Waals surface area contributed by atoms with E-state index in [4.69, 9.17) is 28.2 Å². The molecule has 1 aromatic rings. The largest absolute Gasteiger partial charge is 0.388 e. The van der Waals surface area contributed by atoms with Crippen molar-refractivity contribution in [2.24, 2.45) is 26.9 Å². The molecule has 4 unspecified atom stereocenters. The zero-order valence-corrected chi connectivity index (χ0v) is 23.4. The van der Waals surface area contributed by atoms with Gasteiger partial charge in [0, 0.05) is 30.3 Å². The Bertz CT molecular complexity index is 1120. The molecule has 2 aliphatic rings. The van der Waals surface area contributed by atoms with Gasteiger partial charge in [-0.2, -0.15) is 4.91 Å². The Labute approximate surface area is 225 Å². The van der Waals surface area contributed by atoms with Crippen LogP contribution in [0.1, 0.15) is 47.1 Å². The molecule has 36 heavy (non-hydrogen) atoms. The number of para-hydroxylation sites is 1. The first-order valence-electron chi connectivity index (χ1n) is 12.3. The molecular formula is C29H37Cl2N3O2. The van der Waals surface area contributed by atoms with Crippen LogP contribution in [0.4, 0.5) is 5.69 Å². The highest BCUT2D eigenvalue weighted by Gasteiger charge is 2.34. The monoisotopic (exact) mass is 529 g/mol. The van der Waals surface area contributed by atoms with Crippen molar-refractivity contribution in [3.8, 4) is 0 Å². The molecule has 0 heterocycles. The van der Waals surface area contributed by atoms with Crippen molar-refractivity contribution >= 4 is 35.1 Å². The minimum absolute atomic E-state index is 0.0350. The van der Waals surface area contributed by atoms with Gasteiger partial charge in [-0.15, -0.1) is 11.6 Å². The number of allylic oxidation sites excluding steroid dienone is 4. The third kappa shape index (κ3) is 7.04. The smallest absolute Gasteiger partial charge is 0.134 e. The van der Waals surface area contributed by atoms with E-state index in [0.29, 0.717) is 18.1 Å². The molecule has 4 atom stereocenters. The molecule has 0 spiro atoms. The number of nitrogens with zero attached hydrogens (tertiary/aromatic N) is 2. The van der Waals surface area contributed by atoms with Crippen LogP contribution in [0.15, 0.2) is 80.5 Å². The average Bonchev–Trinajstić information content (AvgIpc) is 2.77. The predicted octanol–water partition coefficient (Wildman–Crippen LogP) is 7.22. The van der Waals surface area contributed by atoms with Crippen molar-refractivity contribution in [2.75, 3.05) is 6.54 Å². The van der Waals surface area contributed by atoms with Gasteiger partial charge in [0.05, 0.1) is 17.2 Å². The number of hydrogen-bond acceptors (Lipinski definition) is 5. The molecule has 0 fully saturated rings.